The second kappa shape index (κ2) is 7.36. The molecule has 4 nitrogen and oxygen atoms in total. The maximum atomic E-state index is 12.0. The Bertz CT molecular complexity index is 457. The zero-order chi connectivity index (χ0) is 15.2. The summed E-state index contributed by atoms with van der Waals surface area (Å²) in [6, 6.07) is 6.23. The molecule has 116 valence electrons. The fraction of sp³-hybridized carbons (Fsp3) is 0.533. The van der Waals surface area contributed by atoms with Crippen LogP contribution in [0.4, 0.5) is 8.78 Å². The quantitative estimate of drug-likeness (QED) is 0.877. The number of halogens is 2. The molecule has 6 heteroatoms. The van der Waals surface area contributed by atoms with E-state index in [4.69, 9.17) is 0 Å². The Kier molecular flexibility index (Phi) is 5.50. The summed E-state index contributed by atoms with van der Waals surface area (Å²) in [6.45, 7) is 0.819. The van der Waals surface area contributed by atoms with Gasteiger partial charge in [0.2, 0.25) is 0 Å². The molecule has 2 N–H and O–H groups in total. The second-order valence-electron chi connectivity index (χ2n) is 5.37. The first-order chi connectivity index (χ1) is 10.0. The number of hydrogen-bond acceptors (Lipinski definition) is 3. The van der Waals surface area contributed by atoms with Gasteiger partial charge in [0.25, 0.3) is 5.91 Å². The molecule has 2 atom stereocenters. The van der Waals surface area contributed by atoms with Gasteiger partial charge in [-0.25, -0.2) is 0 Å². The van der Waals surface area contributed by atoms with E-state index in [0.717, 1.165) is 19.4 Å². The van der Waals surface area contributed by atoms with Crippen molar-refractivity contribution in [3.63, 3.8) is 0 Å². The molecule has 21 heavy (non-hydrogen) atoms. The van der Waals surface area contributed by atoms with Gasteiger partial charge in [-0.05, 0) is 56.5 Å². The van der Waals surface area contributed by atoms with Crippen molar-refractivity contribution in [2.45, 2.75) is 32.4 Å². The molecule has 0 bridgehead atoms. The van der Waals surface area contributed by atoms with Gasteiger partial charge >= 0.3 is 6.61 Å². The van der Waals surface area contributed by atoms with E-state index >= 15 is 0 Å². The van der Waals surface area contributed by atoms with E-state index in [1.807, 2.05) is 0 Å². The number of alkyl halides is 2. The molecule has 1 aliphatic heterocycles. The van der Waals surface area contributed by atoms with E-state index in [0.29, 0.717) is 24.1 Å². The molecule has 1 heterocycles. The van der Waals surface area contributed by atoms with Crippen LogP contribution in [0.1, 0.15) is 30.1 Å². The number of amides is 1. The molecule has 1 amide bonds. The second-order valence-corrected chi connectivity index (χ2v) is 5.37. The van der Waals surface area contributed by atoms with E-state index < -0.39 is 6.61 Å². The Hall–Kier alpha value is -1.69. The molecule has 1 fully saturated rings. The topological polar surface area (TPSA) is 50.4 Å². The van der Waals surface area contributed by atoms with Crippen LogP contribution in [0, 0.1) is 5.92 Å². The number of piperidine rings is 1. The van der Waals surface area contributed by atoms with E-state index in [-0.39, 0.29) is 11.7 Å². The molecule has 0 spiro atoms. The molecule has 2 rings (SSSR count). The predicted octanol–water partition coefficient (Wildman–Crippen LogP) is 2.41. The third kappa shape index (κ3) is 4.97. The summed E-state index contributed by atoms with van der Waals surface area (Å²) in [7, 11) is 0. The average Bonchev–Trinajstić information content (AvgIpc) is 2.46. The van der Waals surface area contributed by atoms with Crippen LogP contribution in [0.3, 0.4) is 0 Å². The first-order valence-electron chi connectivity index (χ1n) is 7.11. The van der Waals surface area contributed by atoms with Crippen molar-refractivity contribution >= 4 is 5.91 Å². The minimum Gasteiger partial charge on any atom is -0.435 e. The summed E-state index contributed by atoms with van der Waals surface area (Å²) >= 11 is 0. The van der Waals surface area contributed by atoms with Crippen LogP contribution in [-0.4, -0.2) is 31.7 Å². The Balaban J connectivity index is 1.80. The standard InChI is InChI=1S/C15H20F2N2O2/c1-10-2-3-11(8-18-10)9-19-14(20)12-4-6-13(7-5-12)21-15(16)17/h4-7,10-11,15,18H,2-3,8-9H2,1H3,(H,19,20). The zero-order valence-corrected chi connectivity index (χ0v) is 11.9. The number of ether oxygens (including phenoxy) is 1. The maximum absolute atomic E-state index is 12.0. The van der Waals surface area contributed by atoms with Gasteiger partial charge in [-0.15, -0.1) is 0 Å². The van der Waals surface area contributed by atoms with E-state index in [2.05, 4.69) is 22.3 Å². The lowest BCUT2D eigenvalue weighted by Crippen LogP contribution is -2.41. The first-order valence-corrected chi connectivity index (χ1v) is 7.11. The van der Waals surface area contributed by atoms with Gasteiger partial charge in [0.05, 0.1) is 0 Å². The molecule has 1 saturated heterocycles. The maximum Gasteiger partial charge on any atom is 0.387 e. The van der Waals surface area contributed by atoms with Crippen molar-refractivity contribution in [1.29, 1.82) is 0 Å². The van der Waals surface area contributed by atoms with Crippen molar-refractivity contribution in [3.05, 3.63) is 29.8 Å². The third-order valence-corrected chi connectivity index (χ3v) is 3.66. The first kappa shape index (κ1) is 15.7. The molecule has 0 radical (unpaired) electrons. The van der Waals surface area contributed by atoms with Crippen LogP contribution in [0.2, 0.25) is 0 Å². The number of benzene rings is 1. The smallest absolute Gasteiger partial charge is 0.387 e. The SMILES string of the molecule is CC1CCC(CNC(=O)c2ccc(OC(F)F)cc2)CN1. The Morgan fingerprint density at radius 2 is 2.10 bits per heavy atom. The molecule has 1 aromatic rings. The number of hydrogen-bond donors (Lipinski definition) is 2. The summed E-state index contributed by atoms with van der Waals surface area (Å²) in [5.74, 6) is 0.288. The average molecular weight is 298 g/mol. The van der Waals surface area contributed by atoms with Crippen LogP contribution >= 0.6 is 0 Å². The summed E-state index contributed by atoms with van der Waals surface area (Å²) < 4.78 is 28.3. The number of rotatable bonds is 5. The van der Waals surface area contributed by atoms with Gasteiger partial charge in [0.1, 0.15) is 5.75 Å². The minimum atomic E-state index is -2.86. The lowest BCUT2D eigenvalue weighted by atomic mass is 9.95. The molecule has 0 aliphatic carbocycles. The molecular weight excluding hydrogens is 278 g/mol. The fourth-order valence-electron chi connectivity index (χ4n) is 2.36. The lowest BCUT2D eigenvalue weighted by Gasteiger charge is -2.27. The molecule has 1 aromatic carbocycles. The summed E-state index contributed by atoms with van der Waals surface area (Å²) in [5.41, 5.74) is 0.439. The van der Waals surface area contributed by atoms with Gasteiger partial charge in [-0.2, -0.15) is 8.78 Å². The normalized spacial score (nSPS) is 22.1. The number of nitrogens with one attached hydrogen (secondary N) is 2. The van der Waals surface area contributed by atoms with Crippen molar-refractivity contribution in [2.75, 3.05) is 13.1 Å². The Morgan fingerprint density at radius 1 is 1.38 bits per heavy atom. The largest absolute Gasteiger partial charge is 0.435 e. The molecule has 0 aromatic heterocycles. The predicted molar refractivity (Wildman–Crippen MR) is 75.6 cm³/mol. The van der Waals surface area contributed by atoms with Crippen LogP contribution in [0.5, 0.6) is 5.75 Å². The number of carbonyl (C=O) groups excluding carboxylic acids is 1. The highest BCUT2D eigenvalue weighted by Crippen LogP contribution is 2.16. The fourth-order valence-corrected chi connectivity index (χ4v) is 2.36. The lowest BCUT2D eigenvalue weighted by molar-refractivity contribution is -0.0498. The monoisotopic (exact) mass is 298 g/mol. The van der Waals surface area contributed by atoms with Gasteiger partial charge in [-0.1, -0.05) is 0 Å². The minimum absolute atomic E-state index is 0.0482. The molecule has 2 unspecified atom stereocenters. The van der Waals surface area contributed by atoms with Gasteiger partial charge in [0.15, 0.2) is 0 Å². The van der Waals surface area contributed by atoms with Crippen molar-refractivity contribution in [1.82, 2.24) is 10.6 Å². The Labute approximate surface area is 122 Å². The van der Waals surface area contributed by atoms with Crippen LogP contribution < -0.4 is 15.4 Å². The van der Waals surface area contributed by atoms with E-state index in [1.165, 1.54) is 24.3 Å². The van der Waals surface area contributed by atoms with Gasteiger partial charge in [0, 0.05) is 18.2 Å². The van der Waals surface area contributed by atoms with E-state index in [9.17, 15) is 13.6 Å². The van der Waals surface area contributed by atoms with Gasteiger partial charge < -0.3 is 15.4 Å². The zero-order valence-electron chi connectivity index (χ0n) is 11.9. The summed E-state index contributed by atoms with van der Waals surface area (Å²) in [5, 5.41) is 6.26. The Morgan fingerprint density at radius 3 is 2.67 bits per heavy atom. The highest BCUT2D eigenvalue weighted by atomic mass is 19.3. The summed E-state index contributed by atoms with van der Waals surface area (Å²) in [6.07, 6.45) is 2.20. The molecule has 0 saturated carbocycles. The van der Waals surface area contributed by atoms with E-state index in [1.54, 1.807) is 0 Å². The van der Waals surface area contributed by atoms with Crippen LogP contribution in [-0.2, 0) is 0 Å². The molecular formula is C15H20F2N2O2. The molecule has 1 aliphatic rings. The van der Waals surface area contributed by atoms with Crippen LogP contribution in [0.25, 0.3) is 0 Å². The van der Waals surface area contributed by atoms with Crippen LogP contribution in [0.15, 0.2) is 24.3 Å². The highest BCUT2D eigenvalue weighted by Gasteiger charge is 2.18. The van der Waals surface area contributed by atoms with Crippen molar-refractivity contribution in [3.8, 4) is 5.75 Å². The summed E-state index contributed by atoms with van der Waals surface area (Å²) in [4.78, 5) is 12.0. The highest BCUT2D eigenvalue weighted by molar-refractivity contribution is 5.94. The third-order valence-electron chi connectivity index (χ3n) is 3.66. The van der Waals surface area contributed by atoms with Crippen molar-refractivity contribution < 1.29 is 18.3 Å². The van der Waals surface area contributed by atoms with Crippen molar-refractivity contribution in [2.24, 2.45) is 5.92 Å². The van der Waals surface area contributed by atoms with Gasteiger partial charge in [-0.3, -0.25) is 4.79 Å². The number of carbonyl (C=O) groups is 1.